The van der Waals surface area contributed by atoms with E-state index in [2.05, 4.69) is 13.8 Å². The Morgan fingerprint density at radius 1 is 1.15 bits per heavy atom. The van der Waals surface area contributed by atoms with Crippen LogP contribution >= 0.6 is 0 Å². The maximum Gasteiger partial charge on any atom is 0.330 e. The van der Waals surface area contributed by atoms with Crippen LogP contribution in [0.25, 0.3) is 0 Å². The molecule has 150 valence electrons. The Balaban J connectivity index is 1.96. The van der Waals surface area contributed by atoms with E-state index >= 15 is 0 Å². The summed E-state index contributed by atoms with van der Waals surface area (Å²) < 4.78 is 9.93. The van der Waals surface area contributed by atoms with Gasteiger partial charge in [0.1, 0.15) is 5.78 Å². The zero-order valence-corrected chi connectivity index (χ0v) is 17.2. The lowest BCUT2D eigenvalue weighted by molar-refractivity contribution is -0.178. The molecule has 0 saturated heterocycles. The van der Waals surface area contributed by atoms with Crippen LogP contribution in [0.3, 0.4) is 0 Å². The molecule has 3 aliphatic carbocycles. The molecular weight excluding hydrogens is 344 g/mol. The summed E-state index contributed by atoms with van der Waals surface area (Å²) in [6.45, 7) is 6.34. The number of allylic oxidation sites excluding steroid dienone is 1. The van der Waals surface area contributed by atoms with Gasteiger partial charge in [0, 0.05) is 18.4 Å². The second-order valence-electron chi connectivity index (χ2n) is 9.19. The first kappa shape index (κ1) is 20.1. The molecule has 0 radical (unpaired) electrons. The topological polar surface area (TPSA) is 69.7 Å². The maximum atomic E-state index is 13.2. The van der Waals surface area contributed by atoms with E-state index in [0.717, 1.165) is 37.7 Å². The highest BCUT2D eigenvalue weighted by atomic mass is 16.5. The lowest BCUT2D eigenvalue weighted by Crippen LogP contribution is -2.59. The van der Waals surface area contributed by atoms with E-state index in [9.17, 15) is 14.4 Å². The third-order valence-electron chi connectivity index (χ3n) is 8.06. The number of hydrogen-bond acceptors (Lipinski definition) is 5. The minimum atomic E-state index is -0.590. The minimum Gasteiger partial charge on any atom is -0.469 e. The van der Waals surface area contributed by atoms with Crippen LogP contribution < -0.4 is 0 Å². The minimum absolute atomic E-state index is 0.0262. The first-order valence-electron chi connectivity index (χ1n) is 10.1. The van der Waals surface area contributed by atoms with E-state index in [0.29, 0.717) is 6.42 Å². The normalized spacial score (nSPS) is 42.9. The summed E-state index contributed by atoms with van der Waals surface area (Å²) in [5, 5.41) is 0. The van der Waals surface area contributed by atoms with Crippen molar-refractivity contribution in [3.63, 3.8) is 0 Å². The van der Waals surface area contributed by atoms with Gasteiger partial charge < -0.3 is 9.47 Å². The average Bonchev–Trinajstić information content (AvgIpc) is 2.64. The quantitative estimate of drug-likeness (QED) is 0.543. The van der Waals surface area contributed by atoms with Crippen molar-refractivity contribution in [2.45, 2.75) is 59.3 Å². The molecule has 0 aromatic carbocycles. The maximum absolute atomic E-state index is 13.2. The molecule has 5 heteroatoms. The van der Waals surface area contributed by atoms with Crippen molar-refractivity contribution in [3.8, 4) is 0 Å². The number of carbonyl (C=O) groups excluding carboxylic acids is 3. The van der Waals surface area contributed by atoms with Crippen LogP contribution in [0.15, 0.2) is 11.6 Å². The fraction of sp³-hybridized carbons (Fsp3) is 0.773. The number of carbonyl (C=O) groups is 3. The summed E-state index contributed by atoms with van der Waals surface area (Å²) in [4.78, 5) is 37.6. The van der Waals surface area contributed by atoms with Crippen LogP contribution in [-0.4, -0.2) is 31.9 Å². The molecule has 3 fully saturated rings. The standard InChI is InChI=1S/C22H32O5/c1-13-14(11-18(24)26-4)7-8-15-19(13)16(23)12-17-21(15,2)9-6-10-22(17,3)20(25)27-5/h11,13,15,17,19H,6-10,12H2,1-5H3/b14-11+. The highest BCUT2D eigenvalue weighted by Crippen LogP contribution is 2.64. The molecular formula is C22H32O5. The molecule has 0 N–H and O–H groups in total. The van der Waals surface area contributed by atoms with Gasteiger partial charge >= 0.3 is 11.9 Å². The Morgan fingerprint density at radius 3 is 2.48 bits per heavy atom. The lowest BCUT2D eigenvalue weighted by atomic mass is 9.43. The van der Waals surface area contributed by atoms with Gasteiger partial charge in [-0.05, 0) is 55.8 Å². The molecule has 0 aromatic heterocycles. The zero-order chi connectivity index (χ0) is 20.0. The largest absolute Gasteiger partial charge is 0.469 e. The summed E-state index contributed by atoms with van der Waals surface area (Å²) in [5.74, 6) is -0.0488. The molecule has 3 aliphatic rings. The fourth-order valence-electron chi connectivity index (χ4n) is 6.60. The molecule has 0 spiro atoms. The Labute approximate surface area is 161 Å². The van der Waals surface area contributed by atoms with Crippen LogP contribution in [0.1, 0.15) is 59.3 Å². The van der Waals surface area contributed by atoms with Crippen molar-refractivity contribution in [3.05, 3.63) is 11.6 Å². The molecule has 3 saturated carbocycles. The summed E-state index contributed by atoms with van der Waals surface area (Å²) in [7, 11) is 2.82. The number of methoxy groups -OCH3 is 2. The molecule has 5 nitrogen and oxygen atoms in total. The number of fused-ring (bicyclic) bond motifs is 3. The van der Waals surface area contributed by atoms with Gasteiger partial charge in [-0.1, -0.05) is 25.8 Å². The second-order valence-corrected chi connectivity index (χ2v) is 9.19. The van der Waals surface area contributed by atoms with Crippen molar-refractivity contribution < 1.29 is 23.9 Å². The van der Waals surface area contributed by atoms with Crippen LogP contribution in [0.4, 0.5) is 0 Å². The number of esters is 2. The molecule has 0 aliphatic heterocycles. The molecule has 6 atom stereocenters. The van der Waals surface area contributed by atoms with Gasteiger partial charge in [0.15, 0.2) is 0 Å². The van der Waals surface area contributed by atoms with Gasteiger partial charge in [-0.3, -0.25) is 9.59 Å². The summed E-state index contributed by atoms with van der Waals surface area (Å²) >= 11 is 0. The van der Waals surface area contributed by atoms with Gasteiger partial charge in [0.2, 0.25) is 0 Å². The summed E-state index contributed by atoms with van der Waals surface area (Å²) in [5.41, 5.74) is 0.378. The molecule has 3 rings (SSSR count). The molecule has 0 heterocycles. The van der Waals surface area contributed by atoms with E-state index in [1.54, 1.807) is 6.08 Å². The van der Waals surface area contributed by atoms with Gasteiger partial charge in [-0.15, -0.1) is 0 Å². The predicted octanol–water partition coefficient (Wildman–Crippen LogP) is 3.71. The highest BCUT2D eigenvalue weighted by molar-refractivity contribution is 5.87. The number of rotatable bonds is 2. The van der Waals surface area contributed by atoms with Crippen molar-refractivity contribution >= 4 is 17.7 Å². The summed E-state index contributed by atoms with van der Waals surface area (Å²) in [6, 6.07) is 0. The van der Waals surface area contributed by atoms with Gasteiger partial charge in [-0.2, -0.15) is 0 Å². The predicted molar refractivity (Wildman–Crippen MR) is 101 cm³/mol. The first-order chi connectivity index (χ1) is 12.7. The Morgan fingerprint density at radius 2 is 1.85 bits per heavy atom. The van der Waals surface area contributed by atoms with Crippen LogP contribution in [0.2, 0.25) is 0 Å². The number of ketones is 1. The molecule has 0 aromatic rings. The lowest BCUT2D eigenvalue weighted by Gasteiger charge is -2.60. The highest BCUT2D eigenvalue weighted by Gasteiger charge is 2.62. The van der Waals surface area contributed by atoms with Crippen molar-refractivity contribution in [2.75, 3.05) is 14.2 Å². The van der Waals surface area contributed by atoms with Crippen LogP contribution in [0, 0.1) is 34.5 Å². The number of hydrogen-bond donors (Lipinski definition) is 0. The number of Topliss-reactive ketones (excluding diaryl/α,β-unsaturated/α-hetero) is 1. The second kappa shape index (κ2) is 7.06. The van der Waals surface area contributed by atoms with Crippen molar-refractivity contribution in [1.29, 1.82) is 0 Å². The third-order valence-corrected chi connectivity index (χ3v) is 8.06. The smallest absolute Gasteiger partial charge is 0.330 e. The van der Waals surface area contributed by atoms with Crippen LogP contribution in [0.5, 0.6) is 0 Å². The Kier molecular flexibility index (Phi) is 5.26. The van der Waals surface area contributed by atoms with E-state index < -0.39 is 5.41 Å². The average molecular weight is 376 g/mol. The van der Waals surface area contributed by atoms with E-state index in [1.165, 1.54) is 14.2 Å². The van der Waals surface area contributed by atoms with Crippen molar-refractivity contribution in [2.24, 2.45) is 34.5 Å². The fourth-order valence-corrected chi connectivity index (χ4v) is 6.60. The van der Waals surface area contributed by atoms with Gasteiger partial charge in [0.25, 0.3) is 0 Å². The first-order valence-corrected chi connectivity index (χ1v) is 10.1. The van der Waals surface area contributed by atoms with E-state index in [4.69, 9.17) is 9.47 Å². The van der Waals surface area contributed by atoms with E-state index in [1.807, 2.05) is 6.92 Å². The monoisotopic (exact) mass is 376 g/mol. The van der Waals surface area contributed by atoms with Gasteiger partial charge in [-0.25, -0.2) is 4.79 Å². The molecule has 27 heavy (non-hydrogen) atoms. The summed E-state index contributed by atoms with van der Waals surface area (Å²) in [6.07, 6.45) is 6.50. The van der Waals surface area contributed by atoms with Crippen molar-refractivity contribution in [1.82, 2.24) is 0 Å². The third kappa shape index (κ3) is 3.03. The van der Waals surface area contributed by atoms with E-state index in [-0.39, 0.29) is 46.8 Å². The zero-order valence-electron chi connectivity index (χ0n) is 17.2. The van der Waals surface area contributed by atoms with Crippen LogP contribution in [-0.2, 0) is 23.9 Å². The van der Waals surface area contributed by atoms with Gasteiger partial charge in [0.05, 0.1) is 19.6 Å². The number of ether oxygens (including phenoxy) is 2. The SMILES string of the molecule is COC(=O)/C=C1\CCC2C(C(=O)CC3C(C)(C(=O)OC)CCCC23C)C1C. The molecule has 0 bridgehead atoms. The Hall–Kier alpha value is -1.65. The molecule has 0 amide bonds. The molecule has 6 unspecified atom stereocenters. The Bertz CT molecular complexity index is 680.